The summed E-state index contributed by atoms with van der Waals surface area (Å²) in [6.45, 7) is 4.98. The van der Waals surface area contributed by atoms with Gasteiger partial charge in [-0.05, 0) is 49.9 Å². The zero-order valence-corrected chi connectivity index (χ0v) is 9.89. The number of hydrogen-bond donors (Lipinski definition) is 1. The lowest BCUT2D eigenvalue weighted by molar-refractivity contribution is 0.626. The largest absolute Gasteiger partial charge is 0.310 e. The van der Waals surface area contributed by atoms with E-state index in [1.807, 2.05) is 13.0 Å². The minimum atomic E-state index is -0.164. The van der Waals surface area contributed by atoms with Crippen molar-refractivity contribution >= 4 is 6.08 Å². The Labute approximate surface area is 96.4 Å². The van der Waals surface area contributed by atoms with Crippen LogP contribution in [0.5, 0.6) is 0 Å². The zero-order chi connectivity index (χ0) is 11.5. The van der Waals surface area contributed by atoms with Gasteiger partial charge in [0.2, 0.25) is 0 Å². The topological polar surface area (TPSA) is 12.0 Å². The maximum absolute atomic E-state index is 12.9. The van der Waals surface area contributed by atoms with Crippen LogP contribution < -0.4 is 5.32 Å². The normalized spacial score (nSPS) is 16.6. The van der Waals surface area contributed by atoms with Crippen LogP contribution in [0.15, 0.2) is 23.8 Å². The average Bonchev–Trinajstić information content (AvgIpc) is 3.03. The smallest absolute Gasteiger partial charge is 0.123 e. The minimum absolute atomic E-state index is 0.164. The lowest BCUT2D eigenvalue weighted by Gasteiger charge is -2.05. The molecular weight excluding hydrogens is 201 g/mol. The van der Waals surface area contributed by atoms with Crippen molar-refractivity contribution in [2.45, 2.75) is 32.7 Å². The Balaban J connectivity index is 2.01. The van der Waals surface area contributed by atoms with Gasteiger partial charge in [-0.15, -0.1) is 0 Å². The molecule has 1 saturated carbocycles. The number of hydrogen-bond acceptors (Lipinski definition) is 1. The van der Waals surface area contributed by atoms with Gasteiger partial charge in [0.05, 0.1) is 0 Å². The predicted octanol–water partition coefficient (Wildman–Crippen LogP) is 3.29. The van der Waals surface area contributed by atoms with Crippen LogP contribution in [-0.2, 0) is 0 Å². The van der Waals surface area contributed by atoms with Gasteiger partial charge in [0.1, 0.15) is 5.82 Å². The number of rotatable bonds is 4. The summed E-state index contributed by atoms with van der Waals surface area (Å²) in [5, 5.41) is 3.47. The third kappa shape index (κ3) is 3.17. The molecule has 0 aromatic heterocycles. The third-order valence-corrected chi connectivity index (χ3v) is 2.88. The van der Waals surface area contributed by atoms with Crippen molar-refractivity contribution in [3.8, 4) is 0 Å². The predicted molar refractivity (Wildman–Crippen MR) is 65.8 cm³/mol. The van der Waals surface area contributed by atoms with Gasteiger partial charge in [-0.2, -0.15) is 0 Å². The van der Waals surface area contributed by atoms with Gasteiger partial charge in [0.15, 0.2) is 0 Å². The van der Waals surface area contributed by atoms with Crippen LogP contribution in [-0.4, -0.2) is 12.6 Å². The fourth-order valence-corrected chi connectivity index (χ4v) is 1.71. The molecule has 86 valence electrons. The first-order chi connectivity index (χ1) is 7.65. The first-order valence-electron chi connectivity index (χ1n) is 5.82. The lowest BCUT2D eigenvalue weighted by Crippen LogP contribution is -2.18. The molecule has 1 aliphatic carbocycles. The fourth-order valence-electron chi connectivity index (χ4n) is 1.71. The van der Waals surface area contributed by atoms with Gasteiger partial charge in [0.25, 0.3) is 0 Å². The Morgan fingerprint density at radius 3 is 2.88 bits per heavy atom. The number of nitrogens with one attached hydrogen (secondary N) is 1. The minimum Gasteiger partial charge on any atom is -0.310 e. The molecule has 0 amide bonds. The Morgan fingerprint density at radius 1 is 1.50 bits per heavy atom. The van der Waals surface area contributed by atoms with Crippen LogP contribution in [0, 0.1) is 12.7 Å². The van der Waals surface area contributed by atoms with Crippen LogP contribution in [0.4, 0.5) is 4.39 Å². The van der Waals surface area contributed by atoms with Crippen molar-refractivity contribution in [1.82, 2.24) is 5.32 Å². The maximum Gasteiger partial charge on any atom is 0.123 e. The molecule has 1 aliphatic rings. The molecule has 1 fully saturated rings. The monoisotopic (exact) mass is 219 g/mol. The second-order valence-corrected chi connectivity index (χ2v) is 4.65. The lowest BCUT2D eigenvalue weighted by atomic mass is 10.1. The standard InChI is InChI=1S/C14H18FN/c1-10(9-16-14-5-6-14)7-12-3-4-13(15)8-11(12)2/h3-4,7-8,14,16H,5-6,9H2,1-2H3. The van der Waals surface area contributed by atoms with E-state index in [1.165, 1.54) is 24.5 Å². The number of aryl methyl sites for hydroxylation is 1. The summed E-state index contributed by atoms with van der Waals surface area (Å²) in [5.41, 5.74) is 3.39. The zero-order valence-electron chi connectivity index (χ0n) is 9.89. The quantitative estimate of drug-likeness (QED) is 0.819. The second-order valence-electron chi connectivity index (χ2n) is 4.65. The summed E-state index contributed by atoms with van der Waals surface area (Å²) in [7, 11) is 0. The molecule has 0 saturated heterocycles. The summed E-state index contributed by atoms with van der Waals surface area (Å²) in [6, 6.07) is 5.66. The summed E-state index contributed by atoms with van der Waals surface area (Å²) < 4.78 is 12.9. The molecule has 0 bridgehead atoms. The van der Waals surface area contributed by atoms with Crippen LogP contribution in [0.1, 0.15) is 30.9 Å². The van der Waals surface area contributed by atoms with Crippen molar-refractivity contribution in [2.75, 3.05) is 6.54 Å². The van der Waals surface area contributed by atoms with E-state index in [0.717, 1.165) is 23.7 Å². The van der Waals surface area contributed by atoms with E-state index in [1.54, 1.807) is 6.07 Å². The van der Waals surface area contributed by atoms with E-state index >= 15 is 0 Å². The van der Waals surface area contributed by atoms with Crippen LogP contribution in [0.25, 0.3) is 6.08 Å². The summed E-state index contributed by atoms with van der Waals surface area (Å²) in [5.74, 6) is -0.164. The molecule has 1 aromatic rings. The fraction of sp³-hybridized carbons (Fsp3) is 0.429. The molecule has 0 aliphatic heterocycles. The SMILES string of the molecule is CC(=Cc1ccc(F)cc1C)CNC1CC1. The summed E-state index contributed by atoms with van der Waals surface area (Å²) in [4.78, 5) is 0. The van der Waals surface area contributed by atoms with E-state index in [2.05, 4.69) is 18.3 Å². The highest BCUT2D eigenvalue weighted by Crippen LogP contribution is 2.19. The van der Waals surface area contributed by atoms with E-state index in [4.69, 9.17) is 0 Å². The number of halogens is 1. The van der Waals surface area contributed by atoms with E-state index in [-0.39, 0.29) is 5.82 Å². The first-order valence-corrected chi connectivity index (χ1v) is 5.82. The van der Waals surface area contributed by atoms with E-state index < -0.39 is 0 Å². The molecule has 0 atom stereocenters. The highest BCUT2D eigenvalue weighted by molar-refractivity contribution is 5.56. The molecule has 0 spiro atoms. The molecule has 0 heterocycles. The van der Waals surface area contributed by atoms with E-state index in [9.17, 15) is 4.39 Å². The third-order valence-electron chi connectivity index (χ3n) is 2.88. The highest BCUT2D eigenvalue weighted by Gasteiger charge is 2.19. The van der Waals surface area contributed by atoms with Crippen molar-refractivity contribution in [2.24, 2.45) is 0 Å². The Bertz CT molecular complexity index is 405. The molecule has 1 nitrogen and oxygen atoms in total. The molecule has 0 radical (unpaired) electrons. The Morgan fingerprint density at radius 2 is 2.25 bits per heavy atom. The van der Waals surface area contributed by atoms with Gasteiger partial charge < -0.3 is 5.32 Å². The van der Waals surface area contributed by atoms with Crippen LogP contribution >= 0.6 is 0 Å². The molecule has 2 heteroatoms. The van der Waals surface area contributed by atoms with Gasteiger partial charge in [-0.25, -0.2) is 4.39 Å². The van der Waals surface area contributed by atoms with Crippen LogP contribution in [0.3, 0.4) is 0 Å². The first kappa shape index (κ1) is 11.3. The van der Waals surface area contributed by atoms with Crippen molar-refractivity contribution in [3.05, 3.63) is 40.7 Å². The highest BCUT2D eigenvalue weighted by atomic mass is 19.1. The molecule has 1 N–H and O–H groups in total. The summed E-state index contributed by atoms with van der Waals surface area (Å²) in [6.07, 6.45) is 4.75. The maximum atomic E-state index is 12.9. The Hall–Kier alpha value is -1.15. The molecule has 0 unspecified atom stereocenters. The van der Waals surface area contributed by atoms with Crippen molar-refractivity contribution in [1.29, 1.82) is 0 Å². The van der Waals surface area contributed by atoms with Crippen molar-refractivity contribution < 1.29 is 4.39 Å². The molecule has 2 rings (SSSR count). The molecule has 1 aromatic carbocycles. The van der Waals surface area contributed by atoms with Gasteiger partial charge >= 0.3 is 0 Å². The van der Waals surface area contributed by atoms with Gasteiger partial charge in [-0.3, -0.25) is 0 Å². The van der Waals surface area contributed by atoms with Crippen molar-refractivity contribution in [3.63, 3.8) is 0 Å². The van der Waals surface area contributed by atoms with Gasteiger partial charge in [-0.1, -0.05) is 17.7 Å². The Kier molecular flexibility index (Phi) is 3.39. The van der Waals surface area contributed by atoms with Gasteiger partial charge in [0, 0.05) is 12.6 Å². The summed E-state index contributed by atoms with van der Waals surface area (Å²) >= 11 is 0. The van der Waals surface area contributed by atoms with E-state index in [0.29, 0.717) is 0 Å². The molecule has 16 heavy (non-hydrogen) atoms. The average molecular weight is 219 g/mol. The molecular formula is C14H18FN. The number of benzene rings is 1. The van der Waals surface area contributed by atoms with Crippen LogP contribution in [0.2, 0.25) is 0 Å². The second kappa shape index (κ2) is 4.79.